The lowest BCUT2D eigenvalue weighted by Gasteiger charge is -2.10. The average Bonchev–Trinajstić information content (AvgIpc) is 2.89. The second-order valence-electron chi connectivity index (χ2n) is 3.24. The van der Waals surface area contributed by atoms with Crippen molar-refractivity contribution in [1.29, 1.82) is 0 Å². The van der Waals surface area contributed by atoms with Gasteiger partial charge in [-0.2, -0.15) is 0 Å². The Morgan fingerprint density at radius 1 is 1.46 bits per heavy atom. The van der Waals surface area contributed by atoms with Gasteiger partial charge in [-0.25, -0.2) is 0 Å². The van der Waals surface area contributed by atoms with E-state index in [0.717, 1.165) is 11.3 Å². The molecule has 0 amide bonds. The van der Waals surface area contributed by atoms with Crippen LogP contribution in [-0.2, 0) is 6.54 Å². The van der Waals surface area contributed by atoms with Crippen molar-refractivity contribution < 1.29 is 4.74 Å². The fourth-order valence-electron chi connectivity index (χ4n) is 1.21. The first kappa shape index (κ1) is 9.27. The van der Waals surface area contributed by atoms with Crippen LogP contribution in [0, 0.1) is 3.57 Å². The molecule has 0 aliphatic heterocycles. The van der Waals surface area contributed by atoms with Crippen LogP contribution in [0.5, 0.6) is 5.75 Å². The van der Waals surface area contributed by atoms with E-state index >= 15 is 0 Å². The van der Waals surface area contributed by atoms with Crippen molar-refractivity contribution in [3.05, 3.63) is 27.3 Å². The van der Waals surface area contributed by atoms with Crippen LogP contribution >= 0.6 is 22.6 Å². The zero-order valence-corrected chi connectivity index (χ0v) is 9.45. The highest BCUT2D eigenvalue weighted by atomic mass is 127. The average molecular weight is 289 g/mol. The molecule has 3 heteroatoms. The first-order chi connectivity index (χ1) is 6.31. The molecule has 0 heterocycles. The van der Waals surface area contributed by atoms with Gasteiger partial charge in [0.15, 0.2) is 0 Å². The fourth-order valence-corrected chi connectivity index (χ4v) is 1.91. The quantitative estimate of drug-likeness (QED) is 0.867. The molecule has 1 aromatic rings. The Hall–Kier alpha value is -0.290. The zero-order chi connectivity index (χ0) is 9.26. The van der Waals surface area contributed by atoms with Crippen LogP contribution in [-0.4, -0.2) is 6.10 Å². The van der Waals surface area contributed by atoms with E-state index in [9.17, 15) is 0 Å². The van der Waals surface area contributed by atoms with Gasteiger partial charge in [-0.05, 0) is 47.6 Å². The van der Waals surface area contributed by atoms with Crippen molar-refractivity contribution in [3.8, 4) is 5.75 Å². The highest BCUT2D eigenvalue weighted by molar-refractivity contribution is 14.1. The summed E-state index contributed by atoms with van der Waals surface area (Å²) in [5, 5.41) is 0. The summed E-state index contributed by atoms with van der Waals surface area (Å²) >= 11 is 2.29. The lowest BCUT2D eigenvalue weighted by Crippen LogP contribution is -2.05. The van der Waals surface area contributed by atoms with Crippen LogP contribution in [0.2, 0.25) is 0 Å². The molecule has 1 saturated carbocycles. The normalized spacial score (nSPS) is 15.8. The van der Waals surface area contributed by atoms with Crippen molar-refractivity contribution in [3.63, 3.8) is 0 Å². The SMILES string of the molecule is NCc1c(I)cccc1OC1CC1. The Kier molecular flexibility index (Phi) is 2.74. The van der Waals surface area contributed by atoms with Gasteiger partial charge in [0.25, 0.3) is 0 Å². The van der Waals surface area contributed by atoms with E-state index in [1.807, 2.05) is 12.1 Å². The maximum atomic E-state index is 5.74. The molecule has 0 spiro atoms. The zero-order valence-electron chi connectivity index (χ0n) is 7.29. The largest absolute Gasteiger partial charge is 0.490 e. The highest BCUT2D eigenvalue weighted by Crippen LogP contribution is 2.30. The van der Waals surface area contributed by atoms with Crippen LogP contribution < -0.4 is 10.5 Å². The Labute approximate surface area is 91.6 Å². The molecule has 0 aromatic heterocycles. The molecule has 2 rings (SSSR count). The molecular weight excluding hydrogens is 277 g/mol. The first-order valence-electron chi connectivity index (χ1n) is 4.45. The Bertz CT molecular complexity index is 310. The van der Waals surface area contributed by atoms with Gasteiger partial charge in [-0.15, -0.1) is 0 Å². The van der Waals surface area contributed by atoms with Gasteiger partial charge in [0.05, 0.1) is 6.10 Å². The molecule has 0 atom stereocenters. The van der Waals surface area contributed by atoms with Crippen molar-refractivity contribution >= 4 is 22.6 Å². The fraction of sp³-hybridized carbons (Fsp3) is 0.400. The van der Waals surface area contributed by atoms with Crippen molar-refractivity contribution in [2.75, 3.05) is 0 Å². The second kappa shape index (κ2) is 3.84. The van der Waals surface area contributed by atoms with E-state index in [1.165, 1.54) is 16.4 Å². The van der Waals surface area contributed by atoms with E-state index < -0.39 is 0 Å². The minimum absolute atomic E-state index is 0.448. The molecule has 0 radical (unpaired) electrons. The molecule has 1 aliphatic carbocycles. The van der Waals surface area contributed by atoms with Gasteiger partial charge in [-0.1, -0.05) is 6.07 Å². The van der Waals surface area contributed by atoms with Crippen LogP contribution in [0.25, 0.3) is 0 Å². The highest BCUT2D eigenvalue weighted by Gasteiger charge is 2.24. The number of ether oxygens (including phenoxy) is 1. The van der Waals surface area contributed by atoms with Crippen molar-refractivity contribution in [2.45, 2.75) is 25.5 Å². The van der Waals surface area contributed by atoms with E-state index in [1.54, 1.807) is 0 Å². The monoisotopic (exact) mass is 289 g/mol. The lowest BCUT2D eigenvalue weighted by molar-refractivity contribution is 0.300. The maximum absolute atomic E-state index is 5.74. The predicted octanol–water partition coefficient (Wildman–Crippen LogP) is 2.29. The van der Waals surface area contributed by atoms with Crippen molar-refractivity contribution in [1.82, 2.24) is 0 Å². The van der Waals surface area contributed by atoms with Crippen LogP contribution in [0.3, 0.4) is 0 Å². The second-order valence-corrected chi connectivity index (χ2v) is 4.40. The maximum Gasteiger partial charge on any atom is 0.125 e. The van der Waals surface area contributed by atoms with E-state index in [2.05, 4.69) is 28.7 Å². The minimum atomic E-state index is 0.448. The molecule has 1 aliphatic rings. The summed E-state index contributed by atoms with van der Waals surface area (Å²) in [4.78, 5) is 0. The van der Waals surface area contributed by atoms with Crippen LogP contribution in [0.1, 0.15) is 18.4 Å². The topological polar surface area (TPSA) is 35.2 Å². The summed E-state index contributed by atoms with van der Waals surface area (Å²) in [7, 11) is 0. The van der Waals surface area contributed by atoms with Gasteiger partial charge < -0.3 is 10.5 Å². The van der Waals surface area contributed by atoms with Gasteiger partial charge >= 0.3 is 0 Å². The Morgan fingerprint density at radius 3 is 2.85 bits per heavy atom. The Balaban J connectivity index is 2.25. The molecule has 2 N–H and O–H groups in total. The molecule has 2 nitrogen and oxygen atoms in total. The standard InChI is InChI=1S/C10H12INO/c11-9-2-1-3-10(8(9)6-12)13-7-4-5-7/h1-3,7H,4-6,12H2. The third-order valence-electron chi connectivity index (χ3n) is 2.10. The third kappa shape index (κ3) is 2.14. The van der Waals surface area contributed by atoms with Crippen molar-refractivity contribution in [2.24, 2.45) is 5.73 Å². The summed E-state index contributed by atoms with van der Waals surface area (Å²) in [5.41, 5.74) is 6.80. The molecule has 0 bridgehead atoms. The van der Waals surface area contributed by atoms with E-state index in [0.29, 0.717) is 12.6 Å². The molecule has 0 unspecified atom stereocenters. The number of halogens is 1. The first-order valence-corrected chi connectivity index (χ1v) is 5.53. The third-order valence-corrected chi connectivity index (χ3v) is 3.11. The number of hydrogen-bond donors (Lipinski definition) is 1. The molecular formula is C10H12INO. The number of rotatable bonds is 3. The summed E-state index contributed by atoms with van der Waals surface area (Å²) in [5.74, 6) is 0.969. The summed E-state index contributed by atoms with van der Waals surface area (Å²) in [6, 6.07) is 6.07. The van der Waals surface area contributed by atoms with Gasteiger partial charge in [0.1, 0.15) is 5.75 Å². The molecule has 70 valence electrons. The predicted molar refractivity (Wildman–Crippen MR) is 60.7 cm³/mol. The molecule has 13 heavy (non-hydrogen) atoms. The number of hydrogen-bond acceptors (Lipinski definition) is 2. The molecule has 0 saturated heterocycles. The molecule has 1 fully saturated rings. The van der Waals surface area contributed by atoms with E-state index in [-0.39, 0.29) is 0 Å². The lowest BCUT2D eigenvalue weighted by atomic mass is 10.2. The number of benzene rings is 1. The summed E-state index contributed by atoms with van der Waals surface area (Å²) < 4.78 is 6.94. The summed E-state index contributed by atoms with van der Waals surface area (Å²) in [6.07, 6.45) is 2.83. The molecule has 1 aromatic carbocycles. The van der Waals surface area contributed by atoms with Crippen LogP contribution in [0.4, 0.5) is 0 Å². The van der Waals surface area contributed by atoms with Gasteiger partial charge in [0, 0.05) is 15.7 Å². The smallest absolute Gasteiger partial charge is 0.125 e. The van der Waals surface area contributed by atoms with Gasteiger partial charge in [0.2, 0.25) is 0 Å². The van der Waals surface area contributed by atoms with Crippen LogP contribution in [0.15, 0.2) is 18.2 Å². The van der Waals surface area contributed by atoms with E-state index in [4.69, 9.17) is 10.5 Å². The van der Waals surface area contributed by atoms with Gasteiger partial charge in [-0.3, -0.25) is 0 Å². The Morgan fingerprint density at radius 2 is 2.23 bits per heavy atom. The summed E-state index contributed by atoms with van der Waals surface area (Å²) in [6.45, 7) is 0.557. The number of nitrogens with two attached hydrogens (primary N) is 1. The minimum Gasteiger partial charge on any atom is -0.490 e.